The van der Waals surface area contributed by atoms with Crippen molar-refractivity contribution in [2.75, 3.05) is 33.3 Å². The number of methoxy groups -OCH3 is 1. The van der Waals surface area contributed by atoms with E-state index in [0.29, 0.717) is 19.5 Å². The van der Waals surface area contributed by atoms with E-state index in [1.807, 2.05) is 62.3 Å². The lowest BCUT2D eigenvalue weighted by atomic mass is 9.80. The van der Waals surface area contributed by atoms with Crippen molar-refractivity contribution in [2.24, 2.45) is 68.8 Å². The number of ether oxygens (including phenoxy) is 1. The highest BCUT2D eigenvalue weighted by Gasteiger charge is 2.71. The second-order valence-electron chi connectivity index (χ2n) is 28.0. The molecule has 23 nitrogen and oxygen atoms in total. The number of primary amides is 1. The van der Waals surface area contributed by atoms with Crippen LogP contribution in [0.5, 0.6) is 0 Å². The van der Waals surface area contributed by atoms with Crippen molar-refractivity contribution < 1.29 is 59.9 Å². The molecule has 0 spiro atoms. The molecule has 3 saturated carbocycles. The largest absolute Gasteiger partial charge is 0.467 e. The number of carbonyl (C=O) groups is 8. The number of nitrogens with one attached hydrogen (secondary N) is 7. The van der Waals surface area contributed by atoms with Crippen LogP contribution in [0.3, 0.4) is 0 Å². The van der Waals surface area contributed by atoms with Crippen LogP contribution in [0.1, 0.15) is 123 Å². The third kappa shape index (κ3) is 15.9. The molecule has 2 aromatic rings. The van der Waals surface area contributed by atoms with E-state index in [9.17, 15) is 55.2 Å². The molecule has 9 N–H and O–H groups in total. The molecular weight excluding hydrogens is 1140 g/mol. The maximum absolute atomic E-state index is 14.3. The average Bonchev–Trinajstić information content (AvgIpc) is 1.54. The van der Waals surface area contributed by atoms with Crippen LogP contribution in [0.15, 0.2) is 70.5 Å². The van der Waals surface area contributed by atoms with E-state index in [1.165, 1.54) is 36.3 Å². The third-order valence-electron chi connectivity index (χ3n) is 18.5. The molecule has 0 bridgehead atoms. The van der Waals surface area contributed by atoms with E-state index < -0.39 is 115 Å². The lowest BCUT2D eigenvalue weighted by Gasteiger charge is -2.38. The van der Waals surface area contributed by atoms with E-state index in [4.69, 9.17) is 10.5 Å². The summed E-state index contributed by atoms with van der Waals surface area (Å²) in [7, 11) is -6.24. The summed E-state index contributed by atoms with van der Waals surface area (Å²) in [6.07, 6.45) is 3.15. The Morgan fingerprint density at radius 3 is 1.33 bits per heavy atom. The van der Waals surface area contributed by atoms with Gasteiger partial charge in [-0.05, 0) is 87.9 Å². The first-order valence-electron chi connectivity index (χ1n) is 29.8. The van der Waals surface area contributed by atoms with E-state index >= 15 is 0 Å². The number of benzene rings is 2. The van der Waals surface area contributed by atoms with Crippen LogP contribution in [0, 0.1) is 63.1 Å². The Balaban J connectivity index is 0.000000283. The SMILES string of the molecule is CC(C)C(CNS(=O)(=O)c1ccccc1)NC(=O)N[C@H](C(=O)N1C[C@H]2[C@@H]([C@H]1C(=O)NC(CC1CCC1)C(=O)C(N)=O)C2(C)C)C(C)(C)C.COC(=O)[C@@H]1[C@@H]2[C@H](CN1C(=O)[C@@H](NC(=O)NC(CNS(=O)(=O)c1ccccc1)C(C)C)C(C)(C)C)C2(C)C. The molecule has 2 heterocycles. The number of nitrogens with zero attached hydrogens (tertiary/aromatic N) is 2. The van der Waals surface area contributed by atoms with Gasteiger partial charge in [-0.25, -0.2) is 40.7 Å². The van der Waals surface area contributed by atoms with Gasteiger partial charge in [-0.15, -0.1) is 0 Å². The summed E-state index contributed by atoms with van der Waals surface area (Å²) >= 11 is 0. The van der Waals surface area contributed by atoms with Gasteiger partial charge >= 0.3 is 18.0 Å². The van der Waals surface area contributed by atoms with Crippen LogP contribution in [0.2, 0.25) is 0 Å². The number of urea groups is 2. The summed E-state index contributed by atoms with van der Waals surface area (Å²) in [6.45, 7) is 27.3. The lowest BCUT2D eigenvalue weighted by molar-refractivity contribution is -0.154. The molecule has 11 atom stereocenters. The van der Waals surface area contributed by atoms with Crippen molar-refractivity contribution in [3.8, 4) is 0 Å². The summed E-state index contributed by atoms with van der Waals surface area (Å²) < 4.78 is 61.0. The molecule has 3 aliphatic carbocycles. The molecule has 86 heavy (non-hydrogen) atoms. The van der Waals surface area contributed by atoms with Crippen molar-refractivity contribution >= 4 is 67.5 Å². The zero-order valence-corrected chi connectivity index (χ0v) is 54.2. The highest BCUT2D eigenvalue weighted by Crippen LogP contribution is 2.66. The van der Waals surface area contributed by atoms with Gasteiger partial charge in [0, 0.05) is 44.2 Å². The third-order valence-corrected chi connectivity index (χ3v) is 21.4. The Hall–Kier alpha value is -6.18. The number of fused-ring (bicyclic) bond motifs is 2. The quantitative estimate of drug-likeness (QED) is 0.0570. The minimum absolute atomic E-state index is 0.0224. The normalized spacial score (nSPS) is 23.7. The standard InChI is InChI=1S/C34H52N6O7S.C27H42N4O6S/c1-19(2)24(17-36-48(46,47)21-14-9-8-10-15-21)38-32(45)39-28(33(3,4)5)31(44)40-18-22-25(34(22,6)7)26(40)30(43)37-23(27(41)29(35)42)16-20-12-11-13-20;1-16(2)19(14-28-38(35,36)17-12-10-9-11-13-17)29-25(34)30-22(26(3,4)5)23(32)31-15-18-20(27(18,6)7)21(31)24(33)37-8/h8-10,14-15,19-20,22-26,28,36H,11-13,16-18H2,1-7H3,(H2,35,42)(H,37,43)(H2,38,39,45);9-13,16,18-22,28H,14-15H2,1-8H3,(H2,29,30,34)/t22-,23?,24?,25-,26-,28+;18-,19?,20-,21-,22+/m00/s1. The van der Waals surface area contributed by atoms with Gasteiger partial charge in [0.1, 0.15) is 24.2 Å². The summed E-state index contributed by atoms with van der Waals surface area (Å²) in [5, 5.41) is 14.0. The molecule has 3 unspecified atom stereocenters. The number of amides is 8. The first-order valence-corrected chi connectivity index (χ1v) is 32.8. The molecule has 0 radical (unpaired) electrons. The zero-order valence-electron chi connectivity index (χ0n) is 52.6. The Morgan fingerprint density at radius 1 is 0.605 bits per heavy atom. The van der Waals surface area contributed by atoms with Crippen molar-refractivity contribution in [3.63, 3.8) is 0 Å². The average molecular weight is 1240 g/mol. The number of hydrogen-bond acceptors (Lipinski definition) is 13. The highest BCUT2D eigenvalue weighted by atomic mass is 32.2. The number of nitrogens with two attached hydrogens (primary N) is 1. The molecule has 7 rings (SSSR count). The number of rotatable bonds is 23. The van der Waals surface area contributed by atoms with E-state index in [-0.39, 0.29) is 81.0 Å². The number of piperidine rings is 2. The van der Waals surface area contributed by atoms with Gasteiger partial charge in [0.05, 0.1) is 22.9 Å². The summed E-state index contributed by atoms with van der Waals surface area (Å²) in [5.74, 6) is -3.63. The smallest absolute Gasteiger partial charge is 0.328 e. The first-order chi connectivity index (χ1) is 39.8. The molecule has 5 fully saturated rings. The second-order valence-corrected chi connectivity index (χ2v) is 31.5. The molecule has 5 aliphatic rings. The van der Waals surface area contributed by atoms with Crippen molar-refractivity contribution in [2.45, 2.75) is 175 Å². The Labute approximate surface area is 508 Å². The number of hydrogen-bond donors (Lipinski definition) is 8. The van der Waals surface area contributed by atoms with Gasteiger partial charge < -0.3 is 46.9 Å². The predicted molar refractivity (Wildman–Crippen MR) is 323 cm³/mol. The van der Waals surface area contributed by atoms with E-state index in [2.05, 4.69) is 49.9 Å². The van der Waals surface area contributed by atoms with Gasteiger partial charge in [0.25, 0.3) is 5.91 Å². The molecule has 2 aliphatic heterocycles. The molecule has 478 valence electrons. The number of Topliss-reactive ketones (excluding diaryl/α,β-unsaturated/α-hetero) is 1. The lowest BCUT2D eigenvalue weighted by Crippen LogP contribution is -2.62. The maximum atomic E-state index is 14.3. The number of carbonyl (C=O) groups excluding carboxylic acids is 8. The maximum Gasteiger partial charge on any atom is 0.328 e. The Kier molecular flexibility index (Phi) is 21.4. The van der Waals surface area contributed by atoms with Crippen molar-refractivity contribution in [3.05, 3.63) is 60.7 Å². The summed E-state index contributed by atoms with van der Waals surface area (Å²) in [6, 6.07) is 8.95. The molecule has 0 aromatic heterocycles. The Bertz CT molecular complexity index is 3050. The first kappa shape index (κ1) is 68.9. The van der Waals surface area contributed by atoms with Gasteiger partial charge in [-0.3, -0.25) is 24.0 Å². The summed E-state index contributed by atoms with van der Waals surface area (Å²) in [4.78, 5) is 109. The molecule has 2 aromatic carbocycles. The highest BCUT2D eigenvalue weighted by molar-refractivity contribution is 7.89. The van der Waals surface area contributed by atoms with Gasteiger partial charge in [0.15, 0.2) is 0 Å². The van der Waals surface area contributed by atoms with Gasteiger partial charge in [-0.2, -0.15) is 0 Å². The van der Waals surface area contributed by atoms with Crippen LogP contribution in [-0.4, -0.2) is 150 Å². The fourth-order valence-electron chi connectivity index (χ4n) is 12.4. The number of likely N-dealkylation sites (tertiary alicyclic amines) is 2. The van der Waals surface area contributed by atoms with Gasteiger partial charge in [0.2, 0.25) is 43.6 Å². The monoisotopic (exact) mass is 1240 g/mol. The van der Waals surface area contributed by atoms with E-state index in [1.54, 1.807) is 62.1 Å². The predicted octanol–water partition coefficient (Wildman–Crippen LogP) is 4.28. The number of esters is 1. The van der Waals surface area contributed by atoms with Crippen molar-refractivity contribution in [1.29, 1.82) is 0 Å². The molecule has 8 amide bonds. The molecule has 25 heteroatoms. The van der Waals surface area contributed by atoms with Gasteiger partial charge in [-0.1, -0.05) is 153 Å². The van der Waals surface area contributed by atoms with E-state index in [0.717, 1.165) is 19.3 Å². The minimum Gasteiger partial charge on any atom is -0.467 e. The zero-order chi connectivity index (χ0) is 64.4. The minimum atomic E-state index is -3.81. The van der Waals surface area contributed by atoms with Crippen LogP contribution in [0.4, 0.5) is 9.59 Å². The second kappa shape index (κ2) is 26.7. The van der Waals surface area contributed by atoms with Crippen LogP contribution in [0.25, 0.3) is 0 Å². The molecular formula is C61H94N10O13S2. The van der Waals surface area contributed by atoms with Crippen molar-refractivity contribution in [1.82, 2.24) is 45.8 Å². The van der Waals surface area contributed by atoms with Crippen LogP contribution in [-0.2, 0) is 53.6 Å². The Morgan fingerprint density at radius 2 is 0.988 bits per heavy atom. The molecule has 2 saturated heterocycles. The van der Waals surface area contributed by atoms with Crippen LogP contribution >= 0.6 is 0 Å². The fourth-order valence-corrected chi connectivity index (χ4v) is 14.6. The fraction of sp³-hybridized carbons (Fsp3) is 0.672. The number of sulfonamides is 2. The topological polar surface area (TPSA) is 331 Å². The van der Waals surface area contributed by atoms with Crippen LogP contribution < -0.4 is 41.8 Å². The summed E-state index contributed by atoms with van der Waals surface area (Å²) in [5.41, 5.74) is 3.64. The number of ketones is 1.